The van der Waals surface area contributed by atoms with Crippen LogP contribution in [-0.4, -0.2) is 53.4 Å². The van der Waals surface area contributed by atoms with Gasteiger partial charge in [-0.2, -0.15) is 13.6 Å². The number of ether oxygens (including phenoxy) is 2. The summed E-state index contributed by atoms with van der Waals surface area (Å²) in [6, 6.07) is 0. The van der Waals surface area contributed by atoms with E-state index in [1.165, 1.54) is 0 Å². The highest BCUT2D eigenvalue weighted by molar-refractivity contribution is 7.61. The quantitative estimate of drug-likeness (QED) is 0.346. The Morgan fingerprint density at radius 1 is 1.20 bits per heavy atom. The van der Waals surface area contributed by atoms with Crippen molar-refractivity contribution in [2.24, 2.45) is 0 Å². The summed E-state index contributed by atoms with van der Waals surface area (Å²) in [5.41, 5.74) is 0. The Kier molecular flexibility index (Phi) is 5.97. The molecule has 0 saturated carbocycles. The number of epoxide rings is 1. The van der Waals surface area contributed by atoms with Crippen molar-refractivity contribution in [2.75, 3.05) is 47.3 Å². The SMILES string of the molecule is CO[P+](CCCOCC1CO1)(OC)OC. The van der Waals surface area contributed by atoms with Crippen molar-refractivity contribution < 1.29 is 23.0 Å². The van der Waals surface area contributed by atoms with Gasteiger partial charge in [0.15, 0.2) is 0 Å². The van der Waals surface area contributed by atoms with Gasteiger partial charge in [-0.15, -0.1) is 0 Å². The maximum absolute atomic E-state index is 5.41. The van der Waals surface area contributed by atoms with E-state index in [-0.39, 0.29) is 0 Å². The lowest BCUT2D eigenvalue weighted by atomic mass is 10.5. The normalized spacial score (nSPS) is 20.6. The molecule has 1 aliphatic rings. The van der Waals surface area contributed by atoms with Gasteiger partial charge >= 0.3 is 7.94 Å². The molecule has 90 valence electrons. The lowest BCUT2D eigenvalue weighted by Gasteiger charge is -2.16. The Bertz CT molecular complexity index is 162. The molecule has 1 unspecified atom stereocenters. The third-order valence-electron chi connectivity index (χ3n) is 2.26. The zero-order chi connectivity index (χ0) is 11.1. The summed E-state index contributed by atoms with van der Waals surface area (Å²) >= 11 is 0. The second-order valence-electron chi connectivity index (χ2n) is 3.27. The summed E-state index contributed by atoms with van der Waals surface area (Å²) < 4.78 is 26.2. The van der Waals surface area contributed by atoms with Gasteiger partial charge in [0.1, 0.15) is 12.3 Å². The predicted molar refractivity (Wildman–Crippen MR) is 58.0 cm³/mol. The summed E-state index contributed by atoms with van der Waals surface area (Å²) in [5, 5.41) is 0. The molecule has 0 N–H and O–H groups in total. The molecule has 1 rings (SSSR count). The molecule has 5 nitrogen and oxygen atoms in total. The van der Waals surface area contributed by atoms with Crippen LogP contribution in [0.2, 0.25) is 0 Å². The van der Waals surface area contributed by atoms with Gasteiger partial charge in [-0.3, -0.25) is 0 Å². The third-order valence-corrected chi connectivity index (χ3v) is 4.79. The molecule has 0 aliphatic carbocycles. The van der Waals surface area contributed by atoms with Crippen LogP contribution in [-0.2, 0) is 23.0 Å². The van der Waals surface area contributed by atoms with Crippen molar-refractivity contribution in [3.8, 4) is 0 Å². The summed E-state index contributed by atoms with van der Waals surface area (Å²) in [6.45, 7) is 2.22. The molecule has 0 aromatic rings. The summed E-state index contributed by atoms with van der Waals surface area (Å²) in [7, 11) is 2.73. The maximum atomic E-state index is 5.41. The first-order valence-corrected chi connectivity index (χ1v) is 6.73. The van der Waals surface area contributed by atoms with E-state index >= 15 is 0 Å². The van der Waals surface area contributed by atoms with Gasteiger partial charge in [-0.25, -0.2) is 0 Å². The van der Waals surface area contributed by atoms with Crippen molar-refractivity contribution in [3.05, 3.63) is 0 Å². The molecule has 0 radical (unpaired) electrons. The van der Waals surface area contributed by atoms with Gasteiger partial charge in [0.05, 0.1) is 41.2 Å². The van der Waals surface area contributed by atoms with E-state index in [1.54, 1.807) is 21.3 Å². The number of hydrogen-bond acceptors (Lipinski definition) is 5. The summed E-state index contributed by atoms with van der Waals surface area (Å²) in [5.74, 6) is 0. The maximum Gasteiger partial charge on any atom is 0.410 e. The predicted octanol–water partition coefficient (Wildman–Crippen LogP) is 1.49. The van der Waals surface area contributed by atoms with Gasteiger partial charge in [0, 0.05) is 6.42 Å². The van der Waals surface area contributed by atoms with Gasteiger partial charge < -0.3 is 9.47 Å². The van der Waals surface area contributed by atoms with Crippen molar-refractivity contribution >= 4 is 7.94 Å². The average molecular weight is 239 g/mol. The van der Waals surface area contributed by atoms with Crippen LogP contribution in [0.25, 0.3) is 0 Å². The standard InChI is InChI=1S/C9H20O5P/c1-10-15(11-2,12-3)6-4-5-13-7-9-8-14-9/h9H,4-8H2,1-3H3/q+1. The second-order valence-corrected chi connectivity index (χ2v) is 6.03. The van der Waals surface area contributed by atoms with Crippen LogP contribution in [0.3, 0.4) is 0 Å². The van der Waals surface area contributed by atoms with Gasteiger partial charge in [-0.05, 0) is 0 Å². The molecular weight excluding hydrogens is 219 g/mol. The first-order chi connectivity index (χ1) is 7.26. The zero-order valence-electron chi connectivity index (χ0n) is 9.60. The second kappa shape index (κ2) is 6.74. The highest BCUT2D eigenvalue weighted by Crippen LogP contribution is 2.60. The van der Waals surface area contributed by atoms with Gasteiger partial charge in [0.25, 0.3) is 0 Å². The largest absolute Gasteiger partial charge is 0.410 e. The highest BCUT2D eigenvalue weighted by atomic mass is 31.2. The van der Waals surface area contributed by atoms with Crippen LogP contribution < -0.4 is 0 Å². The van der Waals surface area contributed by atoms with Gasteiger partial charge in [0.2, 0.25) is 0 Å². The molecule has 1 aliphatic heterocycles. The van der Waals surface area contributed by atoms with Crippen LogP contribution in [0.4, 0.5) is 0 Å². The van der Waals surface area contributed by atoms with Gasteiger partial charge in [-0.1, -0.05) is 0 Å². The molecule has 1 fully saturated rings. The lowest BCUT2D eigenvalue weighted by molar-refractivity contribution is 0.115. The fraction of sp³-hybridized carbons (Fsp3) is 1.00. The van der Waals surface area contributed by atoms with Crippen LogP contribution in [0.1, 0.15) is 6.42 Å². The summed E-state index contributed by atoms with van der Waals surface area (Å²) in [4.78, 5) is 0. The molecule has 1 atom stereocenters. The lowest BCUT2D eigenvalue weighted by Crippen LogP contribution is -2.09. The van der Waals surface area contributed by atoms with E-state index in [2.05, 4.69) is 0 Å². The molecule has 0 aromatic heterocycles. The Balaban J connectivity index is 2.04. The fourth-order valence-corrected chi connectivity index (χ4v) is 2.75. The fourth-order valence-electron chi connectivity index (χ4n) is 1.24. The van der Waals surface area contributed by atoms with E-state index in [1.807, 2.05) is 0 Å². The van der Waals surface area contributed by atoms with E-state index in [4.69, 9.17) is 23.0 Å². The molecule has 0 spiro atoms. The summed E-state index contributed by atoms with van der Waals surface area (Å²) in [6.07, 6.45) is 1.95. The Morgan fingerprint density at radius 3 is 2.27 bits per heavy atom. The average Bonchev–Trinajstić information content (AvgIpc) is 3.08. The van der Waals surface area contributed by atoms with Crippen LogP contribution in [0.15, 0.2) is 0 Å². The Morgan fingerprint density at radius 2 is 1.80 bits per heavy atom. The molecule has 6 heteroatoms. The Labute approximate surface area is 91.6 Å². The number of rotatable bonds is 9. The smallest absolute Gasteiger partial charge is 0.379 e. The van der Waals surface area contributed by atoms with Crippen molar-refractivity contribution in [1.82, 2.24) is 0 Å². The molecular formula is C9H20O5P+. The molecule has 0 aromatic carbocycles. The Hall–Kier alpha value is 0.230. The zero-order valence-corrected chi connectivity index (χ0v) is 10.5. The van der Waals surface area contributed by atoms with Crippen LogP contribution in [0, 0.1) is 0 Å². The van der Waals surface area contributed by atoms with Crippen molar-refractivity contribution in [2.45, 2.75) is 12.5 Å². The minimum absolute atomic E-state index is 0.330. The van der Waals surface area contributed by atoms with E-state index in [0.717, 1.165) is 19.2 Å². The molecule has 1 saturated heterocycles. The number of hydrogen-bond donors (Lipinski definition) is 0. The molecule has 0 bridgehead atoms. The van der Waals surface area contributed by atoms with E-state index in [9.17, 15) is 0 Å². The third kappa shape index (κ3) is 4.72. The van der Waals surface area contributed by atoms with E-state index < -0.39 is 7.94 Å². The van der Waals surface area contributed by atoms with Crippen LogP contribution >= 0.6 is 7.94 Å². The first-order valence-electron chi connectivity index (χ1n) is 5.01. The molecule has 1 heterocycles. The van der Waals surface area contributed by atoms with E-state index in [0.29, 0.717) is 19.3 Å². The van der Waals surface area contributed by atoms with Crippen molar-refractivity contribution in [1.29, 1.82) is 0 Å². The van der Waals surface area contributed by atoms with Crippen LogP contribution in [0.5, 0.6) is 0 Å². The first kappa shape index (κ1) is 13.3. The topological polar surface area (TPSA) is 49.5 Å². The van der Waals surface area contributed by atoms with Crippen molar-refractivity contribution in [3.63, 3.8) is 0 Å². The highest BCUT2D eigenvalue weighted by Gasteiger charge is 2.40. The molecule has 0 amide bonds. The minimum Gasteiger partial charge on any atom is -0.379 e. The molecule has 15 heavy (non-hydrogen) atoms. The minimum atomic E-state index is -2.10. The monoisotopic (exact) mass is 239 g/mol.